The van der Waals surface area contributed by atoms with Gasteiger partial charge in [-0.25, -0.2) is 0 Å². The van der Waals surface area contributed by atoms with Gasteiger partial charge in [0.25, 0.3) is 0 Å². The first-order chi connectivity index (χ1) is 7.52. The Bertz CT molecular complexity index is 437. The minimum absolute atomic E-state index is 0.215. The average molecular weight is 215 g/mol. The highest BCUT2D eigenvalue weighted by Crippen LogP contribution is 2.44. The van der Waals surface area contributed by atoms with Gasteiger partial charge in [-0.05, 0) is 41.5 Å². The molecule has 0 radical (unpaired) electrons. The predicted octanol–water partition coefficient (Wildman–Crippen LogP) is 3.47. The first-order valence-electron chi connectivity index (χ1n) is 5.69. The van der Waals surface area contributed by atoms with Gasteiger partial charge in [0.1, 0.15) is 5.75 Å². The van der Waals surface area contributed by atoms with Gasteiger partial charge in [-0.1, -0.05) is 20.8 Å². The molecule has 2 nitrogen and oxygen atoms in total. The Labute approximate surface area is 96.9 Å². The molecule has 0 saturated heterocycles. The van der Waals surface area contributed by atoms with E-state index in [0.717, 1.165) is 24.3 Å². The van der Waals surface area contributed by atoms with Crippen molar-refractivity contribution < 1.29 is 4.74 Å². The average Bonchev–Trinajstić information content (AvgIpc) is 2.26. The van der Waals surface area contributed by atoms with Crippen molar-refractivity contribution in [1.82, 2.24) is 0 Å². The number of benzene rings is 1. The quantitative estimate of drug-likeness (QED) is 0.664. The van der Waals surface area contributed by atoms with Gasteiger partial charge in [0.2, 0.25) is 0 Å². The van der Waals surface area contributed by atoms with Crippen molar-refractivity contribution >= 4 is 0 Å². The maximum absolute atomic E-state index is 8.94. The summed E-state index contributed by atoms with van der Waals surface area (Å²) in [7, 11) is 0. The summed E-state index contributed by atoms with van der Waals surface area (Å²) < 4.78 is 5.64. The lowest BCUT2D eigenvalue weighted by Gasteiger charge is -2.35. The largest absolute Gasteiger partial charge is 0.493 e. The summed E-state index contributed by atoms with van der Waals surface area (Å²) in [6, 6.07) is 7.92. The minimum Gasteiger partial charge on any atom is -0.493 e. The van der Waals surface area contributed by atoms with E-state index in [4.69, 9.17) is 10.00 Å². The predicted molar refractivity (Wildman–Crippen MR) is 63.5 cm³/mol. The number of nitriles is 1. The topological polar surface area (TPSA) is 33.0 Å². The molecule has 0 saturated carbocycles. The van der Waals surface area contributed by atoms with E-state index in [9.17, 15) is 0 Å². The Morgan fingerprint density at radius 2 is 2.12 bits per heavy atom. The van der Waals surface area contributed by atoms with Crippen molar-refractivity contribution in [3.8, 4) is 11.8 Å². The van der Waals surface area contributed by atoms with Crippen molar-refractivity contribution in [3.05, 3.63) is 29.3 Å². The van der Waals surface area contributed by atoms with Gasteiger partial charge in [-0.3, -0.25) is 0 Å². The minimum atomic E-state index is 0.215. The number of ether oxygens (including phenoxy) is 1. The number of fused-ring (bicyclic) bond motifs is 1. The Hall–Kier alpha value is -1.49. The number of rotatable bonds is 0. The van der Waals surface area contributed by atoms with Gasteiger partial charge in [0.15, 0.2) is 0 Å². The van der Waals surface area contributed by atoms with Crippen molar-refractivity contribution in [2.45, 2.75) is 33.1 Å². The summed E-state index contributed by atoms with van der Waals surface area (Å²) in [5.41, 5.74) is 2.13. The SMILES string of the molecule is CC(C)(C)C1CCOc2ccc(C#N)cc21. The summed E-state index contributed by atoms with van der Waals surface area (Å²) >= 11 is 0. The molecule has 0 aromatic heterocycles. The van der Waals surface area contributed by atoms with Crippen LogP contribution in [0.25, 0.3) is 0 Å². The van der Waals surface area contributed by atoms with Crippen molar-refractivity contribution in [2.75, 3.05) is 6.61 Å². The lowest BCUT2D eigenvalue weighted by atomic mass is 9.73. The van der Waals surface area contributed by atoms with Crippen LogP contribution in [0.4, 0.5) is 0 Å². The monoisotopic (exact) mass is 215 g/mol. The smallest absolute Gasteiger partial charge is 0.122 e. The summed E-state index contributed by atoms with van der Waals surface area (Å²) in [5, 5.41) is 8.94. The molecule has 84 valence electrons. The van der Waals surface area contributed by atoms with E-state index in [1.54, 1.807) is 0 Å². The van der Waals surface area contributed by atoms with Gasteiger partial charge in [-0.2, -0.15) is 5.26 Å². The molecular formula is C14H17NO. The van der Waals surface area contributed by atoms with E-state index >= 15 is 0 Å². The maximum atomic E-state index is 8.94. The van der Waals surface area contributed by atoms with Crippen LogP contribution in [0.2, 0.25) is 0 Å². The van der Waals surface area contributed by atoms with Crippen LogP contribution in [0, 0.1) is 16.7 Å². The van der Waals surface area contributed by atoms with Crippen LogP contribution in [0.15, 0.2) is 18.2 Å². The third-order valence-corrected chi connectivity index (χ3v) is 3.22. The molecule has 0 N–H and O–H groups in total. The van der Waals surface area contributed by atoms with Crippen LogP contribution in [-0.2, 0) is 0 Å². The molecule has 0 bridgehead atoms. The zero-order valence-corrected chi connectivity index (χ0v) is 10.1. The number of hydrogen-bond acceptors (Lipinski definition) is 2. The summed E-state index contributed by atoms with van der Waals surface area (Å²) in [6.07, 6.45) is 1.03. The third-order valence-electron chi connectivity index (χ3n) is 3.22. The molecule has 1 aromatic carbocycles. The summed E-state index contributed by atoms with van der Waals surface area (Å²) in [5.74, 6) is 1.43. The van der Waals surface area contributed by atoms with Crippen LogP contribution < -0.4 is 4.74 Å². The second kappa shape index (κ2) is 3.83. The van der Waals surface area contributed by atoms with Gasteiger partial charge < -0.3 is 4.74 Å². The van der Waals surface area contributed by atoms with Gasteiger partial charge in [-0.15, -0.1) is 0 Å². The normalized spacial score (nSPS) is 19.5. The molecule has 1 aliphatic rings. The Morgan fingerprint density at radius 3 is 2.75 bits per heavy atom. The Morgan fingerprint density at radius 1 is 1.38 bits per heavy atom. The standard InChI is InChI=1S/C14H17NO/c1-14(2,3)12-6-7-16-13-5-4-10(9-15)8-11(12)13/h4-5,8,12H,6-7H2,1-3H3. The molecule has 16 heavy (non-hydrogen) atoms. The van der Waals surface area contributed by atoms with E-state index in [1.165, 1.54) is 5.56 Å². The lowest BCUT2D eigenvalue weighted by molar-refractivity contribution is 0.204. The molecule has 0 amide bonds. The fourth-order valence-electron chi connectivity index (χ4n) is 2.36. The highest BCUT2D eigenvalue weighted by atomic mass is 16.5. The van der Waals surface area contributed by atoms with Crippen molar-refractivity contribution in [3.63, 3.8) is 0 Å². The van der Waals surface area contributed by atoms with Gasteiger partial charge >= 0.3 is 0 Å². The molecule has 1 aliphatic heterocycles. The first kappa shape index (κ1) is 11.0. The fourth-order valence-corrected chi connectivity index (χ4v) is 2.36. The molecule has 2 rings (SSSR count). The maximum Gasteiger partial charge on any atom is 0.122 e. The summed E-state index contributed by atoms with van der Waals surface area (Å²) in [6.45, 7) is 7.50. The molecule has 1 atom stereocenters. The molecule has 1 unspecified atom stereocenters. The van der Waals surface area contributed by atoms with Gasteiger partial charge in [0.05, 0.1) is 18.2 Å². The van der Waals surface area contributed by atoms with Crippen LogP contribution in [-0.4, -0.2) is 6.61 Å². The van der Waals surface area contributed by atoms with Crippen LogP contribution in [0.3, 0.4) is 0 Å². The van der Waals surface area contributed by atoms with E-state index < -0.39 is 0 Å². The lowest BCUT2D eigenvalue weighted by Crippen LogP contribution is -2.25. The highest BCUT2D eigenvalue weighted by Gasteiger charge is 2.31. The van der Waals surface area contributed by atoms with E-state index in [0.29, 0.717) is 5.92 Å². The first-order valence-corrected chi connectivity index (χ1v) is 5.69. The number of hydrogen-bond donors (Lipinski definition) is 0. The van der Waals surface area contributed by atoms with E-state index in [2.05, 4.69) is 26.8 Å². The molecule has 0 aliphatic carbocycles. The second-order valence-corrected chi connectivity index (χ2v) is 5.42. The van der Waals surface area contributed by atoms with E-state index in [-0.39, 0.29) is 5.41 Å². The van der Waals surface area contributed by atoms with Crippen molar-refractivity contribution in [1.29, 1.82) is 5.26 Å². The summed E-state index contributed by atoms with van der Waals surface area (Å²) in [4.78, 5) is 0. The number of nitrogens with zero attached hydrogens (tertiary/aromatic N) is 1. The zero-order chi connectivity index (χ0) is 11.8. The molecular weight excluding hydrogens is 198 g/mol. The molecule has 0 fully saturated rings. The third kappa shape index (κ3) is 1.90. The van der Waals surface area contributed by atoms with Crippen LogP contribution in [0.1, 0.15) is 44.2 Å². The highest BCUT2D eigenvalue weighted by molar-refractivity contribution is 5.45. The molecule has 1 heterocycles. The van der Waals surface area contributed by atoms with Crippen LogP contribution >= 0.6 is 0 Å². The molecule has 1 aromatic rings. The Balaban J connectivity index is 2.48. The van der Waals surface area contributed by atoms with E-state index in [1.807, 2.05) is 18.2 Å². The second-order valence-electron chi connectivity index (χ2n) is 5.42. The Kier molecular flexibility index (Phi) is 2.63. The van der Waals surface area contributed by atoms with Crippen LogP contribution in [0.5, 0.6) is 5.75 Å². The van der Waals surface area contributed by atoms with Gasteiger partial charge in [0, 0.05) is 0 Å². The zero-order valence-electron chi connectivity index (χ0n) is 10.1. The van der Waals surface area contributed by atoms with Crippen molar-refractivity contribution in [2.24, 2.45) is 5.41 Å². The molecule has 0 spiro atoms. The molecule has 2 heteroatoms. The fraction of sp³-hybridized carbons (Fsp3) is 0.500.